The third-order valence-electron chi connectivity index (χ3n) is 3.68. The minimum atomic E-state index is -0.973. The molecule has 4 heteroatoms. The van der Waals surface area contributed by atoms with Gasteiger partial charge >= 0.3 is 0 Å². The topological polar surface area (TPSA) is 27.7 Å². The first-order valence-electron chi connectivity index (χ1n) is 7.09. The second kappa shape index (κ2) is 8.37. The fourth-order valence-electron chi connectivity index (χ4n) is 2.16. The Labute approximate surface area is 124 Å². The van der Waals surface area contributed by atoms with Gasteiger partial charge in [-0.25, -0.2) is 0 Å². The Morgan fingerprint density at radius 1 is 1.30 bits per heavy atom. The van der Waals surface area contributed by atoms with Gasteiger partial charge in [-0.05, 0) is 30.0 Å². The van der Waals surface area contributed by atoms with E-state index in [1.165, 1.54) is 5.56 Å². The van der Waals surface area contributed by atoms with Crippen LogP contribution in [0, 0.1) is 0 Å². The van der Waals surface area contributed by atoms with Gasteiger partial charge in [0.25, 0.3) is 0 Å². The molecule has 1 aromatic carbocycles. The SMILES string of the molecule is C=Cc1cccc(C(CC)O[SiH2]C(CC)(OC)OC)c1. The first kappa shape index (κ1) is 17.1. The van der Waals surface area contributed by atoms with Crippen LogP contribution in [0.15, 0.2) is 30.8 Å². The Balaban J connectivity index is 2.78. The van der Waals surface area contributed by atoms with E-state index in [4.69, 9.17) is 13.9 Å². The Kier molecular flexibility index (Phi) is 7.16. The molecule has 20 heavy (non-hydrogen) atoms. The highest BCUT2D eigenvalue weighted by atomic mass is 28.2. The Morgan fingerprint density at radius 3 is 2.50 bits per heavy atom. The smallest absolute Gasteiger partial charge is 0.228 e. The molecular formula is C16H26O3Si. The van der Waals surface area contributed by atoms with Gasteiger partial charge in [0.1, 0.15) is 0 Å². The van der Waals surface area contributed by atoms with Gasteiger partial charge in [0.05, 0.1) is 6.10 Å². The minimum Gasteiger partial charge on any atom is -0.411 e. The lowest BCUT2D eigenvalue weighted by atomic mass is 10.0. The van der Waals surface area contributed by atoms with Gasteiger partial charge in [-0.3, -0.25) is 0 Å². The highest BCUT2D eigenvalue weighted by Crippen LogP contribution is 2.25. The summed E-state index contributed by atoms with van der Waals surface area (Å²) in [7, 11) is 2.39. The molecule has 0 amide bonds. The fourth-order valence-corrected chi connectivity index (χ4v) is 3.48. The summed E-state index contributed by atoms with van der Waals surface area (Å²) in [6.45, 7) is 8.00. The summed E-state index contributed by atoms with van der Waals surface area (Å²) in [5.41, 5.74) is 1.78. The summed E-state index contributed by atoms with van der Waals surface area (Å²) >= 11 is 0. The zero-order valence-electron chi connectivity index (χ0n) is 13.0. The van der Waals surface area contributed by atoms with Crippen molar-refractivity contribution in [3.63, 3.8) is 0 Å². The van der Waals surface area contributed by atoms with Crippen LogP contribution in [-0.2, 0) is 13.9 Å². The molecule has 1 aromatic rings. The molecule has 0 spiro atoms. The second-order valence-electron chi connectivity index (χ2n) is 4.75. The number of methoxy groups -OCH3 is 2. The molecule has 0 saturated heterocycles. The molecule has 3 nitrogen and oxygen atoms in total. The average Bonchev–Trinajstić information content (AvgIpc) is 2.52. The summed E-state index contributed by atoms with van der Waals surface area (Å²) < 4.78 is 17.2. The van der Waals surface area contributed by atoms with Gasteiger partial charge in [-0.15, -0.1) is 0 Å². The third-order valence-corrected chi connectivity index (χ3v) is 5.76. The largest absolute Gasteiger partial charge is 0.411 e. The van der Waals surface area contributed by atoms with E-state index in [-0.39, 0.29) is 6.10 Å². The Bertz CT molecular complexity index is 408. The van der Waals surface area contributed by atoms with Crippen LogP contribution in [0.4, 0.5) is 0 Å². The summed E-state index contributed by atoms with van der Waals surface area (Å²) in [6.07, 6.45) is 3.68. The van der Waals surface area contributed by atoms with E-state index in [1.54, 1.807) is 14.2 Å². The molecule has 0 saturated carbocycles. The van der Waals surface area contributed by atoms with E-state index in [2.05, 4.69) is 32.6 Å². The number of rotatable bonds is 9. The van der Waals surface area contributed by atoms with E-state index in [0.29, 0.717) is 0 Å². The molecule has 1 unspecified atom stereocenters. The van der Waals surface area contributed by atoms with Crippen LogP contribution >= 0.6 is 0 Å². The van der Waals surface area contributed by atoms with Crippen LogP contribution in [0.1, 0.15) is 43.9 Å². The van der Waals surface area contributed by atoms with E-state index >= 15 is 0 Å². The van der Waals surface area contributed by atoms with Crippen LogP contribution in [0.2, 0.25) is 0 Å². The van der Waals surface area contributed by atoms with E-state index in [1.807, 2.05) is 18.2 Å². The third kappa shape index (κ3) is 4.28. The Hall–Kier alpha value is -0.943. The molecule has 1 rings (SSSR count). The maximum absolute atomic E-state index is 6.17. The van der Waals surface area contributed by atoms with E-state index in [9.17, 15) is 0 Å². The molecular weight excluding hydrogens is 268 g/mol. The first-order chi connectivity index (χ1) is 9.64. The average molecular weight is 294 g/mol. The van der Waals surface area contributed by atoms with E-state index < -0.39 is 15.2 Å². The molecule has 0 aliphatic heterocycles. The molecule has 0 fully saturated rings. The molecule has 0 aromatic heterocycles. The predicted molar refractivity (Wildman–Crippen MR) is 86.2 cm³/mol. The first-order valence-corrected chi connectivity index (χ1v) is 8.37. The van der Waals surface area contributed by atoms with Crippen molar-refractivity contribution in [2.24, 2.45) is 0 Å². The molecule has 0 radical (unpaired) electrons. The molecule has 0 N–H and O–H groups in total. The lowest BCUT2D eigenvalue weighted by Crippen LogP contribution is -2.41. The molecule has 0 aliphatic rings. The second-order valence-corrected chi connectivity index (χ2v) is 6.45. The maximum Gasteiger partial charge on any atom is 0.228 e. The van der Waals surface area contributed by atoms with Crippen LogP contribution in [0.5, 0.6) is 0 Å². The van der Waals surface area contributed by atoms with Gasteiger partial charge in [0.15, 0.2) is 5.41 Å². The monoisotopic (exact) mass is 294 g/mol. The summed E-state index contributed by atoms with van der Waals surface area (Å²) in [5.74, 6) is 0. The van der Waals surface area contributed by atoms with Crippen molar-refractivity contribution in [2.75, 3.05) is 14.2 Å². The minimum absolute atomic E-state index is 0.0952. The van der Waals surface area contributed by atoms with Gasteiger partial charge in [0, 0.05) is 14.2 Å². The van der Waals surface area contributed by atoms with Crippen molar-refractivity contribution in [3.8, 4) is 0 Å². The zero-order valence-corrected chi connectivity index (χ0v) is 14.4. The van der Waals surface area contributed by atoms with Crippen molar-refractivity contribution < 1.29 is 13.9 Å². The van der Waals surface area contributed by atoms with Gasteiger partial charge in [-0.1, -0.05) is 44.7 Å². The molecule has 1 atom stereocenters. The number of hydrogen-bond donors (Lipinski definition) is 0. The predicted octanol–water partition coefficient (Wildman–Crippen LogP) is 3.24. The van der Waals surface area contributed by atoms with Crippen LogP contribution in [-0.4, -0.2) is 29.4 Å². The van der Waals surface area contributed by atoms with Gasteiger partial charge in [-0.2, -0.15) is 0 Å². The lowest BCUT2D eigenvalue weighted by Gasteiger charge is -2.31. The summed E-state index contributed by atoms with van der Waals surface area (Å²) in [4.78, 5) is 0. The van der Waals surface area contributed by atoms with Crippen molar-refractivity contribution in [1.29, 1.82) is 0 Å². The van der Waals surface area contributed by atoms with Crippen molar-refractivity contribution >= 4 is 15.8 Å². The highest BCUT2D eigenvalue weighted by Gasteiger charge is 2.30. The van der Waals surface area contributed by atoms with Crippen LogP contribution < -0.4 is 0 Å². The highest BCUT2D eigenvalue weighted by molar-refractivity contribution is 6.31. The summed E-state index contributed by atoms with van der Waals surface area (Å²) in [5, 5.41) is 0. The molecule has 0 heterocycles. The normalized spacial score (nSPS) is 13.8. The number of benzene rings is 1. The molecule has 0 aliphatic carbocycles. The van der Waals surface area contributed by atoms with Gasteiger partial charge in [0.2, 0.25) is 9.76 Å². The van der Waals surface area contributed by atoms with Gasteiger partial charge < -0.3 is 13.9 Å². The molecule has 112 valence electrons. The summed E-state index contributed by atoms with van der Waals surface area (Å²) in [6, 6.07) is 8.31. The van der Waals surface area contributed by atoms with Crippen molar-refractivity contribution in [2.45, 2.75) is 38.2 Å². The van der Waals surface area contributed by atoms with Crippen LogP contribution in [0.3, 0.4) is 0 Å². The van der Waals surface area contributed by atoms with Crippen LogP contribution in [0.25, 0.3) is 6.08 Å². The zero-order chi connectivity index (χ0) is 15.0. The van der Waals surface area contributed by atoms with Crippen molar-refractivity contribution in [3.05, 3.63) is 42.0 Å². The fraction of sp³-hybridized carbons (Fsp3) is 0.500. The lowest BCUT2D eigenvalue weighted by molar-refractivity contribution is -0.155. The van der Waals surface area contributed by atoms with Crippen molar-refractivity contribution in [1.82, 2.24) is 0 Å². The standard InChI is InChI=1S/C16H26O3Si/c1-6-13-10-9-11-14(12-13)15(7-2)19-20-16(8-3,17-4)18-5/h6,9-12,15H,1,7-8,20H2,2-5H3. The number of hydrogen-bond acceptors (Lipinski definition) is 3. The quantitative estimate of drug-likeness (QED) is 0.517. The van der Waals surface area contributed by atoms with E-state index in [0.717, 1.165) is 18.4 Å². The Morgan fingerprint density at radius 2 is 2.00 bits per heavy atom. The number of ether oxygens (including phenoxy) is 2. The molecule has 0 bridgehead atoms. The maximum atomic E-state index is 6.17.